The van der Waals surface area contributed by atoms with E-state index in [1.165, 1.54) is 25.7 Å². The fourth-order valence-corrected chi connectivity index (χ4v) is 3.29. The molecule has 2 aliphatic rings. The Morgan fingerprint density at radius 3 is 3.06 bits per heavy atom. The Kier molecular flexibility index (Phi) is 2.86. The van der Waals surface area contributed by atoms with Gasteiger partial charge in [0.15, 0.2) is 5.82 Å². The van der Waals surface area contributed by atoms with E-state index in [0.717, 1.165) is 17.7 Å². The highest BCUT2D eigenvalue weighted by Gasteiger charge is 2.42. The van der Waals surface area contributed by atoms with E-state index in [4.69, 9.17) is 10.9 Å². The molecule has 2 bridgehead atoms. The Balaban J connectivity index is 1.63. The summed E-state index contributed by atoms with van der Waals surface area (Å²) in [7, 11) is 0. The summed E-state index contributed by atoms with van der Waals surface area (Å²) < 4.78 is 5.24. The van der Waals surface area contributed by atoms with Crippen LogP contribution in [0.15, 0.2) is 4.52 Å². The zero-order valence-electron chi connectivity index (χ0n) is 9.85. The van der Waals surface area contributed by atoms with Gasteiger partial charge < -0.3 is 4.52 Å². The zero-order valence-corrected chi connectivity index (χ0v) is 9.85. The lowest BCUT2D eigenvalue weighted by Gasteiger charge is -2.17. The molecule has 0 saturated heterocycles. The number of aromatic nitrogens is 2. The van der Waals surface area contributed by atoms with Gasteiger partial charge in [-0.15, -0.1) is 6.42 Å². The maximum atomic E-state index is 5.24. The first-order valence-corrected chi connectivity index (χ1v) is 6.33. The molecule has 17 heavy (non-hydrogen) atoms. The Bertz CT molecular complexity index is 434. The molecule has 1 aromatic rings. The summed E-state index contributed by atoms with van der Waals surface area (Å²) in [6.45, 7) is 1.10. The minimum Gasteiger partial charge on any atom is -0.338 e. The molecular formula is C13H17N3O. The fraction of sp³-hybridized carbons (Fsp3) is 0.692. The smallest absolute Gasteiger partial charge is 0.240 e. The molecule has 90 valence electrons. The van der Waals surface area contributed by atoms with Gasteiger partial charge in [-0.1, -0.05) is 17.5 Å². The molecule has 3 rings (SSSR count). The molecule has 0 aromatic carbocycles. The molecular weight excluding hydrogens is 214 g/mol. The van der Waals surface area contributed by atoms with Crippen molar-refractivity contribution in [1.82, 2.24) is 15.5 Å². The summed E-state index contributed by atoms with van der Waals surface area (Å²) in [6.07, 6.45) is 10.5. The minimum absolute atomic E-state index is 0.534. The van der Waals surface area contributed by atoms with Crippen molar-refractivity contribution in [2.75, 3.05) is 6.54 Å². The van der Waals surface area contributed by atoms with Crippen LogP contribution < -0.4 is 5.32 Å². The van der Waals surface area contributed by atoms with Crippen molar-refractivity contribution >= 4 is 0 Å². The van der Waals surface area contributed by atoms with E-state index >= 15 is 0 Å². The van der Waals surface area contributed by atoms with Crippen LogP contribution in [0.1, 0.15) is 43.3 Å². The summed E-state index contributed by atoms with van der Waals surface area (Å²) in [6, 6.07) is 0. The third-order valence-corrected chi connectivity index (χ3v) is 4.06. The van der Waals surface area contributed by atoms with Crippen molar-refractivity contribution < 1.29 is 4.52 Å². The summed E-state index contributed by atoms with van der Waals surface area (Å²) in [4.78, 5) is 4.47. The number of hydrogen-bond acceptors (Lipinski definition) is 4. The molecule has 2 aliphatic carbocycles. The van der Waals surface area contributed by atoms with E-state index in [2.05, 4.69) is 21.4 Å². The number of hydrogen-bond donors (Lipinski definition) is 1. The maximum Gasteiger partial charge on any atom is 0.240 e. The van der Waals surface area contributed by atoms with Gasteiger partial charge in [0.1, 0.15) is 0 Å². The largest absolute Gasteiger partial charge is 0.338 e. The van der Waals surface area contributed by atoms with Crippen LogP contribution in [0, 0.1) is 24.2 Å². The Hall–Kier alpha value is -1.34. The lowest BCUT2D eigenvalue weighted by atomic mass is 9.88. The van der Waals surface area contributed by atoms with Crippen molar-refractivity contribution in [3.05, 3.63) is 11.7 Å². The lowest BCUT2D eigenvalue weighted by molar-refractivity contribution is 0.347. The van der Waals surface area contributed by atoms with Crippen LogP contribution in [0.2, 0.25) is 0 Å². The van der Waals surface area contributed by atoms with Crippen LogP contribution in [0.4, 0.5) is 0 Å². The third-order valence-electron chi connectivity index (χ3n) is 4.06. The highest BCUT2D eigenvalue weighted by Crippen LogP contribution is 2.52. The van der Waals surface area contributed by atoms with Crippen LogP contribution in [-0.4, -0.2) is 16.7 Å². The normalized spacial score (nSPS) is 30.6. The summed E-state index contributed by atoms with van der Waals surface area (Å²) in [5.74, 6) is 6.33. The van der Waals surface area contributed by atoms with E-state index in [1.54, 1.807) is 0 Å². The molecule has 0 radical (unpaired) electrons. The molecule has 2 saturated carbocycles. The Morgan fingerprint density at radius 1 is 1.41 bits per heavy atom. The van der Waals surface area contributed by atoms with Gasteiger partial charge in [0.05, 0.1) is 13.1 Å². The van der Waals surface area contributed by atoms with Gasteiger partial charge in [-0.25, -0.2) is 0 Å². The predicted octanol–water partition coefficient (Wildman–Crippen LogP) is 1.70. The van der Waals surface area contributed by atoms with E-state index in [9.17, 15) is 0 Å². The average molecular weight is 231 g/mol. The number of nitrogens with one attached hydrogen (secondary N) is 1. The number of terminal acetylenes is 1. The van der Waals surface area contributed by atoms with Crippen LogP contribution in [0.3, 0.4) is 0 Å². The minimum atomic E-state index is 0.534. The van der Waals surface area contributed by atoms with Crippen LogP contribution in [-0.2, 0) is 6.54 Å². The quantitative estimate of drug-likeness (QED) is 0.633. The molecule has 2 fully saturated rings. The molecule has 1 aromatic heterocycles. The van der Waals surface area contributed by atoms with Gasteiger partial charge in [0, 0.05) is 5.92 Å². The van der Waals surface area contributed by atoms with E-state index < -0.39 is 0 Å². The maximum absolute atomic E-state index is 5.24. The molecule has 0 aliphatic heterocycles. The first kappa shape index (κ1) is 10.8. The predicted molar refractivity (Wildman–Crippen MR) is 63.0 cm³/mol. The molecule has 3 unspecified atom stereocenters. The highest BCUT2D eigenvalue weighted by molar-refractivity contribution is 5.06. The number of nitrogens with zero attached hydrogens (tertiary/aromatic N) is 2. The molecule has 0 spiro atoms. The molecule has 3 atom stereocenters. The van der Waals surface area contributed by atoms with E-state index in [-0.39, 0.29) is 0 Å². The molecule has 0 amide bonds. The Labute approximate surface area is 101 Å². The first-order valence-electron chi connectivity index (χ1n) is 6.33. The van der Waals surface area contributed by atoms with Gasteiger partial charge in [-0.3, -0.25) is 5.32 Å². The van der Waals surface area contributed by atoms with Crippen molar-refractivity contribution in [3.8, 4) is 12.3 Å². The van der Waals surface area contributed by atoms with E-state index in [0.29, 0.717) is 24.9 Å². The van der Waals surface area contributed by atoms with Crippen molar-refractivity contribution in [2.24, 2.45) is 11.8 Å². The second kappa shape index (κ2) is 4.50. The molecule has 1 N–H and O–H groups in total. The van der Waals surface area contributed by atoms with Crippen LogP contribution in [0.25, 0.3) is 0 Å². The van der Waals surface area contributed by atoms with Gasteiger partial charge in [-0.2, -0.15) is 4.98 Å². The second-order valence-corrected chi connectivity index (χ2v) is 5.14. The zero-order chi connectivity index (χ0) is 11.7. The Morgan fingerprint density at radius 2 is 2.35 bits per heavy atom. The monoisotopic (exact) mass is 231 g/mol. The van der Waals surface area contributed by atoms with Gasteiger partial charge in [-0.05, 0) is 31.1 Å². The van der Waals surface area contributed by atoms with Crippen LogP contribution >= 0.6 is 0 Å². The SMILES string of the molecule is C#CCNCc1nc(C2CC3CCC2C3)no1. The summed E-state index contributed by atoms with van der Waals surface area (Å²) in [5.41, 5.74) is 0. The van der Waals surface area contributed by atoms with Crippen molar-refractivity contribution in [2.45, 2.75) is 38.1 Å². The third kappa shape index (κ3) is 2.07. The number of fused-ring (bicyclic) bond motifs is 2. The first-order chi connectivity index (χ1) is 8.36. The van der Waals surface area contributed by atoms with E-state index in [1.807, 2.05) is 0 Å². The van der Waals surface area contributed by atoms with Gasteiger partial charge in [0.2, 0.25) is 5.89 Å². The van der Waals surface area contributed by atoms with Crippen molar-refractivity contribution in [3.63, 3.8) is 0 Å². The number of rotatable bonds is 4. The topological polar surface area (TPSA) is 51.0 Å². The molecule has 4 nitrogen and oxygen atoms in total. The molecule has 1 heterocycles. The standard InChI is InChI=1S/C13H17N3O/c1-2-5-14-8-12-15-13(16-17-12)11-7-9-3-4-10(11)6-9/h1,9-11,14H,3-8H2. The van der Waals surface area contributed by atoms with Crippen LogP contribution in [0.5, 0.6) is 0 Å². The van der Waals surface area contributed by atoms with Gasteiger partial charge >= 0.3 is 0 Å². The highest BCUT2D eigenvalue weighted by atomic mass is 16.5. The average Bonchev–Trinajstić information content (AvgIpc) is 3.04. The lowest BCUT2D eigenvalue weighted by Crippen LogP contribution is -2.14. The second-order valence-electron chi connectivity index (χ2n) is 5.14. The summed E-state index contributed by atoms with van der Waals surface area (Å²) in [5, 5.41) is 7.17. The molecule has 4 heteroatoms. The fourth-order valence-electron chi connectivity index (χ4n) is 3.29. The van der Waals surface area contributed by atoms with Gasteiger partial charge in [0.25, 0.3) is 0 Å². The van der Waals surface area contributed by atoms with Crippen molar-refractivity contribution in [1.29, 1.82) is 0 Å². The summed E-state index contributed by atoms with van der Waals surface area (Å²) >= 11 is 0.